The summed E-state index contributed by atoms with van der Waals surface area (Å²) in [6.45, 7) is 2.26. The molecule has 0 atom stereocenters. The molecule has 1 amide bonds. The molecule has 2 rings (SSSR count). The van der Waals surface area contributed by atoms with Gasteiger partial charge >= 0.3 is 5.97 Å². The van der Waals surface area contributed by atoms with Gasteiger partial charge < -0.3 is 19.8 Å². The van der Waals surface area contributed by atoms with Crippen molar-refractivity contribution in [1.82, 2.24) is 5.32 Å². The van der Waals surface area contributed by atoms with E-state index in [9.17, 15) is 9.59 Å². The number of hydrogen-bond donors (Lipinski definition) is 2. The predicted octanol–water partition coefficient (Wildman–Crippen LogP) is 3.08. The van der Waals surface area contributed by atoms with Gasteiger partial charge in [0.25, 0.3) is 5.91 Å². The Kier molecular flexibility index (Phi) is 5.65. The summed E-state index contributed by atoms with van der Waals surface area (Å²) < 4.78 is 10.3. The predicted molar refractivity (Wildman–Crippen MR) is 86.8 cm³/mol. The number of benzene rings is 1. The first-order valence-electron chi connectivity index (χ1n) is 7.05. The zero-order chi connectivity index (χ0) is 16.8. The highest BCUT2D eigenvalue weighted by Crippen LogP contribution is 2.24. The Morgan fingerprint density at radius 2 is 2.09 bits per heavy atom. The lowest BCUT2D eigenvalue weighted by Crippen LogP contribution is -2.18. The summed E-state index contributed by atoms with van der Waals surface area (Å²) in [5.41, 5.74) is 1.40. The van der Waals surface area contributed by atoms with E-state index >= 15 is 0 Å². The Labute approximate surface area is 138 Å². The van der Waals surface area contributed by atoms with Crippen LogP contribution in [0.2, 0.25) is 5.02 Å². The highest BCUT2D eigenvalue weighted by atomic mass is 35.5. The fraction of sp³-hybridized carbons (Fsp3) is 0.250. The molecule has 1 aromatic carbocycles. The molecule has 7 heteroatoms. The first-order chi connectivity index (χ1) is 11.1. The molecule has 6 nitrogen and oxygen atoms in total. The summed E-state index contributed by atoms with van der Waals surface area (Å²) in [6.07, 6.45) is 1.42. The lowest BCUT2D eigenvalue weighted by molar-refractivity contribution is 0.0524. The van der Waals surface area contributed by atoms with Gasteiger partial charge in [0.15, 0.2) is 0 Å². The Bertz CT molecular complexity index is 712. The van der Waals surface area contributed by atoms with E-state index < -0.39 is 5.97 Å². The van der Waals surface area contributed by atoms with Crippen LogP contribution in [0.3, 0.4) is 0 Å². The van der Waals surface area contributed by atoms with Crippen LogP contribution in [0.1, 0.15) is 33.4 Å². The SMILES string of the molecule is CCOC(=O)c1ccoc1CNc1cc(C(=O)NC)ccc1Cl. The van der Waals surface area contributed by atoms with Gasteiger partial charge in [-0.1, -0.05) is 11.6 Å². The zero-order valence-electron chi connectivity index (χ0n) is 12.8. The van der Waals surface area contributed by atoms with Gasteiger partial charge in [0.1, 0.15) is 11.3 Å². The van der Waals surface area contributed by atoms with E-state index in [2.05, 4.69) is 10.6 Å². The second-order valence-electron chi connectivity index (χ2n) is 4.61. The molecule has 0 saturated heterocycles. The third-order valence-corrected chi connectivity index (χ3v) is 3.47. The number of halogens is 1. The van der Waals surface area contributed by atoms with Crippen molar-refractivity contribution >= 4 is 29.2 Å². The maximum Gasteiger partial charge on any atom is 0.341 e. The number of amides is 1. The molecule has 0 spiro atoms. The molecule has 0 saturated carbocycles. The van der Waals surface area contributed by atoms with Crippen LogP contribution in [0.15, 0.2) is 34.9 Å². The van der Waals surface area contributed by atoms with Gasteiger partial charge in [-0.25, -0.2) is 4.79 Å². The fourth-order valence-corrected chi connectivity index (χ4v) is 2.17. The molecule has 1 aromatic heterocycles. The van der Waals surface area contributed by atoms with E-state index in [1.807, 2.05) is 0 Å². The van der Waals surface area contributed by atoms with Gasteiger partial charge in [0, 0.05) is 12.6 Å². The van der Waals surface area contributed by atoms with Crippen LogP contribution < -0.4 is 10.6 Å². The number of furan rings is 1. The molecule has 0 aliphatic heterocycles. The van der Waals surface area contributed by atoms with E-state index in [4.69, 9.17) is 20.8 Å². The van der Waals surface area contributed by atoms with Crippen molar-refractivity contribution in [3.63, 3.8) is 0 Å². The fourth-order valence-electron chi connectivity index (χ4n) is 1.99. The van der Waals surface area contributed by atoms with Gasteiger partial charge in [-0.05, 0) is 31.2 Å². The highest BCUT2D eigenvalue weighted by Gasteiger charge is 2.16. The summed E-state index contributed by atoms with van der Waals surface area (Å²) in [5, 5.41) is 6.06. The number of hydrogen-bond acceptors (Lipinski definition) is 5. The van der Waals surface area contributed by atoms with Crippen molar-refractivity contribution < 1.29 is 18.7 Å². The van der Waals surface area contributed by atoms with E-state index in [1.54, 1.807) is 38.2 Å². The standard InChI is InChI=1S/C16H17ClN2O4/c1-3-22-16(21)11-6-7-23-14(11)9-19-13-8-10(15(20)18-2)4-5-12(13)17/h4-8,19H,3,9H2,1-2H3,(H,18,20). The minimum Gasteiger partial charge on any atom is -0.467 e. The molecule has 0 aliphatic carbocycles. The largest absolute Gasteiger partial charge is 0.467 e. The molecule has 1 heterocycles. The second-order valence-corrected chi connectivity index (χ2v) is 5.01. The zero-order valence-corrected chi connectivity index (χ0v) is 13.6. The van der Waals surface area contributed by atoms with Crippen molar-refractivity contribution in [2.75, 3.05) is 19.0 Å². The Morgan fingerprint density at radius 3 is 2.78 bits per heavy atom. The van der Waals surface area contributed by atoms with Crippen LogP contribution in [0, 0.1) is 0 Å². The summed E-state index contributed by atoms with van der Waals surface area (Å²) in [4.78, 5) is 23.5. The summed E-state index contributed by atoms with van der Waals surface area (Å²) in [6, 6.07) is 6.44. The molecule has 0 aliphatic rings. The van der Waals surface area contributed by atoms with Crippen molar-refractivity contribution in [3.05, 3.63) is 52.4 Å². The molecular formula is C16H17ClN2O4. The number of carbonyl (C=O) groups is 2. The molecule has 0 radical (unpaired) electrons. The number of carbonyl (C=O) groups excluding carboxylic acids is 2. The number of nitrogens with one attached hydrogen (secondary N) is 2. The van der Waals surface area contributed by atoms with Crippen LogP contribution >= 0.6 is 11.6 Å². The number of ether oxygens (including phenoxy) is 1. The first kappa shape index (κ1) is 16.9. The molecule has 0 unspecified atom stereocenters. The monoisotopic (exact) mass is 336 g/mol. The Balaban J connectivity index is 2.14. The minimum atomic E-state index is -0.441. The average Bonchev–Trinajstić information content (AvgIpc) is 3.02. The summed E-state index contributed by atoms with van der Waals surface area (Å²) in [7, 11) is 1.55. The van der Waals surface area contributed by atoms with Gasteiger partial charge in [-0.2, -0.15) is 0 Å². The average molecular weight is 337 g/mol. The molecule has 0 fully saturated rings. The van der Waals surface area contributed by atoms with Crippen LogP contribution in [-0.2, 0) is 11.3 Å². The van der Waals surface area contributed by atoms with Crippen molar-refractivity contribution in [2.24, 2.45) is 0 Å². The van der Waals surface area contributed by atoms with Gasteiger partial charge in [-0.15, -0.1) is 0 Å². The van der Waals surface area contributed by atoms with Crippen molar-refractivity contribution in [2.45, 2.75) is 13.5 Å². The molecular weight excluding hydrogens is 320 g/mol. The van der Waals surface area contributed by atoms with Crippen LogP contribution in [0.4, 0.5) is 5.69 Å². The Hall–Kier alpha value is -2.47. The van der Waals surface area contributed by atoms with Crippen LogP contribution in [0.5, 0.6) is 0 Å². The van der Waals surface area contributed by atoms with Crippen molar-refractivity contribution in [1.29, 1.82) is 0 Å². The number of rotatable bonds is 6. The van der Waals surface area contributed by atoms with Crippen LogP contribution in [0.25, 0.3) is 0 Å². The van der Waals surface area contributed by atoms with Crippen molar-refractivity contribution in [3.8, 4) is 0 Å². The normalized spacial score (nSPS) is 10.2. The van der Waals surface area contributed by atoms with Gasteiger partial charge in [0.05, 0.1) is 30.1 Å². The van der Waals surface area contributed by atoms with E-state index in [-0.39, 0.29) is 19.1 Å². The third-order valence-electron chi connectivity index (χ3n) is 3.14. The maximum atomic E-state index is 11.8. The number of anilines is 1. The number of esters is 1. The molecule has 2 N–H and O–H groups in total. The summed E-state index contributed by atoms with van der Waals surface area (Å²) >= 11 is 6.12. The second kappa shape index (κ2) is 7.69. The lowest BCUT2D eigenvalue weighted by atomic mass is 10.2. The van der Waals surface area contributed by atoms with E-state index in [1.165, 1.54) is 6.26 Å². The first-order valence-corrected chi connectivity index (χ1v) is 7.43. The van der Waals surface area contributed by atoms with Gasteiger partial charge in [-0.3, -0.25) is 4.79 Å². The third kappa shape index (κ3) is 4.04. The topological polar surface area (TPSA) is 80.6 Å². The summed E-state index contributed by atoms with van der Waals surface area (Å²) in [5.74, 6) is -0.219. The minimum absolute atomic E-state index is 0.213. The molecule has 122 valence electrons. The highest BCUT2D eigenvalue weighted by molar-refractivity contribution is 6.33. The smallest absolute Gasteiger partial charge is 0.341 e. The quantitative estimate of drug-likeness (QED) is 0.792. The molecule has 2 aromatic rings. The van der Waals surface area contributed by atoms with Gasteiger partial charge in [0.2, 0.25) is 0 Å². The Morgan fingerprint density at radius 1 is 1.30 bits per heavy atom. The van der Waals surface area contributed by atoms with Crippen LogP contribution in [-0.4, -0.2) is 25.5 Å². The lowest BCUT2D eigenvalue weighted by Gasteiger charge is -2.10. The maximum absolute atomic E-state index is 11.8. The van der Waals surface area contributed by atoms with E-state index in [0.29, 0.717) is 27.6 Å². The molecule has 23 heavy (non-hydrogen) atoms. The van der Waals surface area contributed by atoms with E-state index in [0.717, 1.165) is 0 Å². The molecule has 0 bridgehead atoms.